The first kappa shape index (κ1) is 20.9. The fourth-order valence-corrected chi connectivity index (χ4v) is 3.80. The SMILES string of the molecule is COc1nc(CC(C)C)c(OCc2ccccc2)nc1Cc1c[nH]c2c(C)cccc12. The van der Waals surface area contributed by atoms with E-state index in [0.29, 0.717) is 30.7 Å². The molecule has 1 N–H and O–H groups in total. The van der Waals surface area contributed by atoms with Gasteiger partial charge in [0.05, 0.1) is 7.11 Å². The van der Waals surface area contributed by atoms with Gasteiger partial charge in [0, 0.05) is 23.5 Å². The maximum atomic E-state index is 6.15. The second kappa shape index (κ2) is 9.21. The minimum Gasteiger partial charge on any atom is -0.480 e. The molecule has 0 aliphatic carbocycles. The third kappa shape index (κ3) is 4.71. The largest absolute Gasteiger partial charge is 0.480 e. The summed E-state index contributed by atoms with van der Waals surface area (Å²) in [6.45, 7) is 6.90. The van der Waals surface area contributed by atoms with Crippen LogP contribution in [0.1, 0.15) is 41.9 Å². The van der Waals surface area contributed by atoms with Crippen molar-refractivity contribution in [3.05, 3.63) is 82.8 Å². The van der Waals surface area contributed by atoms with E-state index in [-0.39, 0.29) is 0 Å². The smallest absolute Gasteiger partial charge is 0.236 e. The molecule has 0 saturated carbocycles. The number of rotatable bonds is 8. The highest BCUT2D eigenvalue weighted by Crippen LogP contribution is 2.29. The normalized spacial score (nSPS) is 11.3. The van der Waals surface area contributed by atoms with Gasteiger partial charge in [0.25, 0.3) is 0 Å². The number of hydrogen-bond donors (Lipinski definition) is 1. The van der Waals surface area contributed by atoms with Crippen LogP contribution in [-0.2, 0) is 19.4 Å². The van der Waals surface area contributed by atoms with Crippen molar-refractivity contribution < 1.29 is 9.47 Å². The van der Waals surface area contributed by atoms with Gasteiger partial charge in [0.1, 0.15) is 18.0 Å². The minimum absolute atomic E-state index is 0.431. The number of fused-ring (bicyclic) bond motifs is 1. The first-order valence-electron chi connectivity index (χ1n) is 10.7. The maximum absolute atomic E-state index is 6.15. The standard InChI is InChI=1S/C26H29N3O2/c1-17(2)13-22-26(31-16-19-10-6-5-7-11-19)29-23(25(28-22)30-4)14-20-15-27-24-18(3)9-8-12-21(20)24/h5-12,15,17,27H,13-14,16H2,1-4H3. The Morgan fingerprint density at radius 3 is 2.45 bits per heavy atom. The van der Waals surface area contributed by atoms with E-state index >= 15 is 0 Å². The highest BCUT2D eigenvalue weighted by Gasteiger charge is 2.18. The van der Waals surface area contributed by atoms with Crippen molar-refractivity contribution in [1.29, 1.82) is 0 Å². The molecule has 5 nitrogen and oxygen atoms in total. The van der Waals surface area contributed by atoms with Crippen molar-refractivity contribution in [3.8, 4) is 11.8 Å². The fourth-order valence-electron chi connectivity index (χ4n) is 3.80. The molecule has 0 radical (unpaired) electrons. The van der Waals surface area contributed by atoms with Crippen molar-refractivity contribution >= 4 is 10.9 Å². The molecule has 2 aromatic heterocycles. The molecule has 0 bridgehead atoms. The topological polar surface area (TPSA) is 60.0 Å². The van der Waals surface area contributed by atoms with Crippen LogP contribution in [0.25, 0.3) is 10.9 Å². The molecule has 2 heterocycles. The molecule has 4 rings (SSSR count). The van der Waals surface area contributed by atoms with Gasteiger partial charge >= 0.3 is 0 Å². The fraction of sp³-hybridized carbons (Fsp3) is 0.308. The van der Waals surface area contributed by atoms with Crippen LogP contribution in [0.4, 0.5) is 0 Å². The molecule has 2 aromatic carbocycles. The molecule has 0 atom stereocenters. The number of aryl methyl sites for hydroxylation is 1. The van der Waals surface area contributed by atoms with E-state index in [0.717, 1.165) is 34.5 Å². The summed E-state index contributed by atoms with van der Waals surface area (Å²) in [4.78, 5) is 13.1. The molecule has 5 heteroatoms. The molecule has 0 unspecified atom stereocenters. The summed E-state index contributed by atoms with van der Waals surface area (Å²) in [5.74, 6) is 1.58. The Bertz CT molecular complexity index is 1170. The quantitative estimate of drug-likeness (QED) is 0.404. The number of nitrogens with one attached hydrogen (secondary N) is 1. The van der Waals surface area contributed by atoms with Gasteiger partial charge in [0.15, 0.2) is 0 Å². The number of ether oxygens (including phenoxy) is 2. The Kier molecular flexibility index (Phi) is 6.21. The van der Waals surface area contributed by atoms with Crippen LogP contribution in [-0.4, -0.2) is 22.1 Å². The van der Waals surface area contributed by atoms with Crippen molar-refractivity contribution in [2.45, 2.75) is 40.2 Å². The van der Waals surface area contributed by atoms with Crippen molar-refractivity contribution in [3.63, 3.8) is 0 Å². The summed E-state index contributed by atoms with van der Waals surface area (Å²) in [6.07, 6.45) is 3.44. The first-order valence-corrected chi connectivity index (χ1v) is 10.7. The molecule has 160 valence electrons. The van der Waals surface area contributed by atoms with E-state index in [1.165, 1.54) is 10.9 Å². The number of benzene rings is 2. The van der Waals surface area contributed by atoms with Gasteiger partial charge in [-0.3, -0.25) is 0 Å². The number of H-pyrrole nitrogens is 1. The van der Waals surface area contributed by atoms with Gasteiger partial charge < -0.3 is 14.5 Å². The molecular weight excluding hydrogens is 386 g/mol. The lowest BCUT2D eigenvalue weighted by Crippen LogP contribution is -2.10. The second-order valence-corrected chi connectivity index (χ2v) is 8.29. The summed E-state index contributed by atoms with van der Waals surface area (Å²) in [5.41, 5.74) is 6.25. The van der Waals surface area contributed by atoms with Gasteiger partial charge in [-0.2, -0.15) is 0 Å². The summed E-state index contributed by atoms with van der Waals surface area (Å²) >= 11 is 0. The Morgan fingerprint density at radius 2 is 1.71 bits per heavy atom. The average Bonchev–Trinajstić information content (AvgIpc) is 3.18. The molecule has 0 amide bonds. The third-order valence-corrected chi connectivity index (χ3v) is 5.35. The van der Waals surface area contributed by atoms with Gasteiger partial charge in [-0.1, -0.05) is 62.4 Å². The molecule has 0 saturated heterocycles. The molecule has 0 aliphatic heterocycles. The molecule has 4 aromatic rings. The highest BCUT2D eigenvalue weighted by molar-refractivity contribution is 5.86. The number of para-hydroxylation sites is 1. The van der Waals surface area contributed by atoms with Crippen LogP contribution < -0.4 is 9.47 Å². The lowest BCUT2D eigenvalue weighted by Gasteiger charge is -2.15. The summed E-state index contributed by atoms with van der Waals surface area (Å²) in [5, 5.41) is 1.20. The van der Waals surface area contributed by atoms with E-state index in [1.54, 1.807) is 7.11 Å². The minimum atomic E-state index is 0.431. The molecule has 0 aliphatic rings. The van der Waals surface area contributed by atoms with Crippen LogP contribution in [0.2, 0.25) is 0 Å². The number of aromatic nitrogens is 3. The lowest BCUT2D eigenvalue weighted by atomic mass is 10.1. The predicted molar refractivity (Wildman–Crippen MR) is 124 cm³/mol. The summed E-state index contributed by atoms with van der Waals surface area (Å²) < 4.78 is 11.8. The number of methoxy groups -OCH3 is 1. The Balaban J connectivity index is 1.69. The van der Waals surface area contributed by atoms with Crippen LogP contribution >= 0.6 is 0 Å². The zero-order valence-corrected chi connectivity index (χ0v) is 18.6. The third-order valence-electron chi connectivity index (χ3n) is 5.35. The monoisotopic (exact) mass is 415 g/mol. The van der Waals surface area contributed by atoms with Gasteiger partial charge in [0.2, 0.25) is 11.8 Å². The number of hydrogen-bond acceptors (Lipinski definition) is 4. The summed E-state index contributed by atoms with van der Waals surface area (Å²) in [7, 11) is 1.65. The van der Waals surface area contributed by atoms with Crippen molar-refractivity contribution in [2.75, 3.05) is 7.11 Å². The van der Waals surface area contributed by atoms with Crippen LogP contribution in [0.15, 0.2) is 54.7 Å². The molecule has 31 heavy (non-hydrogen) atoms. The van der Waals surface area contributed by atoms with E-state index in [1.807, 2.05) is 36.5 Å². The predicted octanol–water partition coefficient (Wildman–Crippen LogP) is 5.64. The summed E-state index contributed by atoms with van der Waals surface area (Å²) in [6, 6.07) is 16.4. The average molecular weight is 416 g/mol. The second-order valence-electron chi connectivity index (χ2n) is 8.29. The van der Waals surface area contributed by atoms with E-state index < -0.39 is 0 Å². The van der Waals surface area contributed by atoms with E-state index in [2.05, 4.69) is 44.0 Å². The van der Waals surface area contributed by atoms with E-state index in [4.69, 9.17) is 19.4 Å². The lowest BCUT2D eigenvalue weighted by molar-refractivity contribution is 0.282. The van der Waals surface area contributed by atoms with Crippen LogP contribution in [0.3, 0.4) is 0 Å². The van der Waals surface area contributed by atoms with Gasteiger partial charge in [-0.15, -0.1) is 0 Å². The molecule has 0 spiro atoms. The number of nitrogens with zero attached hydrogens (tertiary/aromatic N) is 2. The zero-order valence-electron chi connectivity index (χ0n) is 18.6. The van der Waals surface area contributed by atoms with Crippen LogP contribution in [0.5, 0.6) is 11.8 Å². The van der Waals surface area contributed by atoms with Crippen molar-refractivity contribution in [2.24, 2.45) is 5.92 Å². The Labute approximate surface area is 183 Å². The maximum Gasteiger partial charge on any atom is 0.236 e. The molecular formula is C26H29N3O2. The number of aromatic amines is 1. The van der Waals surface area contributed by atoms with Crippen molar-refractivity contribution in [1.82, 2.24) is 15.0 Å². The van der Waals surface area contributed by atoms with Gasteiger partial charge in [-0.05, 0) is 36.0 Å². The molecule has 0 fully saturated rings. The first-order chi connectivity index (χ1) is 15.0. The zero-order chi connectivity index (χ0) is 21.8. The Morgan fingerprint density at radius 1 is 0.935 bits per heavy atom. The highest BCUT2D eigenvalue weighted by atomic mass is 16.5. The van der Waals surface area contributed by atoms with Crippen LogP contribution in [0, 0.1) is 12.8 Å². The Hall–Kier alpha value is -3.34. The van der Waals surface area contributed by atoms with Gasteiger partial charge in [-0.25, -0.2) is 9.97 Å². The van der Waals surface area contributed by atoms with E-state index in [9.17, 15) is 0 Å².